The average molecular weight is 353 g/mol. The van der Waals surface area contributed by atoms with E-state index < -0.39 is 0 Å². The molecule has 0 radical (unpaired) electrons. The van der Waals surface area contributed by atoms with Crippen LogP contribution in [0.5, 0.6) is 0 Å². The van der Waals surface area contributed by atoms with E-state index in [2.05, 4.69) is 36.0 Å². The van der Waals surface area contributed by atoms with Gasteiger partial charge in [0.2, 0.25) is 0 Å². The summed E-state index contributed by atoms with van der Waals surface area (Å²) in [6, 6.07) is 14.0. The van der Waals surface area contributed by atoms with Gasteiger partial charge in [-0.25, -0.2) is 9.18 Å². The Balaban J connectivity index is 1.67. The fourth-order valence-corrected chi connectivity index (χ4v) is 2.98. The van der Waals surface area contributed by atoms with Gasteiger partial charge in [0.05, 0.1) is 0 Å². The molecule has 26 heavy (non-hydrogen) atoms. The number of urea groups is 1. The summed E-state index contributed by atoms with van der Waals surface area (Å²) in [5.41, 5.74) is 2.80. The third-order valence-electron chi connectivity index (χ3n) is 4.26. The lowest BCUT2D eigenvalue weighted by atomic mass is 10.2. The summed E-state index contributed by atoms with van der Waals surface area (Å²) in [5, 5.41) is 4.02. The number of nitrogens with zero attached hydrogens (tertiary/aromatic N) is 2. The van der Waals surface area contributed by atoms with Crippen molar-refractivity contribution in [1.82, 2.24) is 9.47 Å². The first-order valence-electron chi connectivity index (χ1n) is 8.78. The van der Waals surface area contributed by atoms with Crippen LogP contribution in [0.25, 0.3) is 10.9 Å². The molecule has 0 spiro atoms. The van der Waals surface area contributed by atoms with E-state index in [4.69, 9.17) is 0 Å². The topological polar surface area (TPSA) is 37.3 Å². The molecule has 0 aliphatic rings. The van der Waals surface area contributed by atoms with Crippen molar-refractivity contribution in [2.24, 2.45) is 5.92 Å². The fourth-order valence-electron chi connectivity index (χ4n) is 2.98. The number of amides is 2. The van der Waals surface area contributed by atoms with Crippen LogP contribution in [0.3, 0.4) is 0 Å². The number of anilines is 1. The Morgan fingerprint density at radius 3 is 2.58 bits per heavy atom. The average Bonchev–Trinajstić information content (AvgIpc) is 2.98. The maximum Gasteiger partial charge on any atom is 0.321 e. The number of hydrogen-bond acceptors (Lipinski definition) is 1. The minimum Gasteiger partial charge on any atom is -0.347 e. The van der Waals surface area contributed by atoms with E-state index in [1.165, 1.54) is 12.1 Å². The second kappa shape index (κ2) is 7.60. The standard InChI is InChI=1S/C21H24FN3O/c1-15(2)13-25-11-10-17-12-19(8-9-20(17)25)23-21(26)24(3)14-16-4-6-18(22)7-5-16/h4-12,15H,13-14H2,1-3H3,(H,23,26). The Hall–Kier alpha value is -2.82. The number of carbonyl (C=O) groups excluding carboxylic acids is 1. The van der Waals surface area contributed by atoms with E-state index in [0.29, 0.717) is 12.5 Å². The normalized spacial score (nSPS) is 11.1. The van der Waals surface area contributed by atoms with E-state index in [-0.39, 0.29) is 11.8 Å². The van der Waals surface area contributed by atoms with Crippen molar-refractivity contribution in [3.8, 4) is 0 Å². The third-order valence-corrected chi connectivity index (χ3v) is 4.26. The number of aromatic nitrogens is 1. The van der Waals surface area contributed by atoms with Gasteiger partial charge in [-0.15, -0.1) is 0 Å². The van der Waals surface area contributed by atoms with Crippen molar-refractivity contribution in [3.63, 3.8) is 0 Å². The van der Waals surface area contributed by atoms with E-state index >= 15 is 0 Å². The molecule has 0 aliphatic heterocycles. The fraction of sp³-hybridized carbons (Fsp3) is 0.286. The molecule has 0 atom stereocenters. The predicted octanol–water partition coefficient (Wildman–Crippen LogP) is 5.10. The first-order chi connectivity index (χ1) is 12.4. The van der Waals surface area contributed by atoms with Crippen LogP contribution in [-0.4, -0.2) is 22.5 Å². The van der Waals surface area contributed by atoms with Crippen LogP contribution in [0.15, 0.2) is 54.7 Å². The predicted molar refractivity (Wildman–Crippen MR) is 104 cm³/mol. The zero-order valence-electron chi connectivity index (χ0n) is 15.4. The van der Waals surface area contributed by atoms with Gasteiger partial charge in [0.1, 0.15) is 5.82 Å². The van der Waals surface area contributed by atoms with Crippen molar-refractivity contribution < 1.29 is 9.18 Å². The van der Waals surface area contributed by atoms with Gasteiger partial charge in [-0.3, -0.25) is 0 Å². The van der Waals surface area contributed by atoms with Crippen molar-refractivity contribution >= 4 is 22.6 Å². The Labute approximate surface area is 153 Å². The highest BCUT2D eigenvalue weighted by atomic mass is 19.1. The van der Waals surface area contributed by atoms with Crippen molar-refractivity contribution in [3.05, 3.63) is 66.1 Å². The summed E-state index contributed by atoms with van der Waals surface area (Å²) in [7, 11) is 1.72. The smallest absolute Gasteiger partial charge is 0.321 e. The molecule has 0 fully saturated rings. The molecular formula is C21H24FN3O. The van der Waals surface area contributed by atoms with Gasteiger partial charge in [-0.05, 0) is 47.9 Å². The first kappa shape index (κ1) is 18.0. The van der Waals surface area contributed by atoms with Crippen molar-refractivity contribution in [1.29, 1.82) is 0 Å². The van der Waals surface area contributed by atoms with E-state index in [0.717, 1.165) is 28.7 Å². The minimum absolute atomic E-state index is 0.199. The third kappa shape index (κ3) is 4.23. The Morgan fingerprint density at radius 1 is 1.15 bits per heavy atom. The summed E-state index contributed by atoms with van der Waals surface area (Å²) < 4.78 is 15.2. The number of fused-ring (bicyclic) bond motifs is 1. The highest BCUT2D eigenvalue weighted by Gasteiger charge is 2.11. The zero-order valence-corrected chi connectivity index (χ0v) is 15.4. The summed E-state index contributed by atoms with van der Waals surface area (Å²) in [5.74, 6) is 0.295. The molecule has 0 bridgehead atoms. The first-order valence-corrected chi connectivity index (χ1v) is 8.78. The summed E-state index contributed by atoms with van der Waals surface area (Å²) >= 11 is 0. The molecular weight excluding hydrogens is 329 g/mol. The van der Waals surface area contributed by atoms with Crippen LogP contribution in [0, 0.1) is 11.7 Å². The van der Waals surface area contributed by atoms with E-state index in [1.54, 1.807) is 24.1 Å². The zero-order chi connectivity index (χ0) is 18.7. The molecule has 0 unspecified atom stereocenters. The van der Waals surface area contributed by atoms with Crippen LogP contribution >= 0.6 is 0 Å². The monoisotopic (exact) mass is 353 g/mol. The van der Waals surface area contributed by atoms with Gasteiger partial charge in [0.15, 0.2) is 0 Å². The summed E-state index contributed by atoms with van der Waals surface area (Å²) in [6.45, 7) is 5.77. The van der Waals surface area contributed by atoms with Gasteiger partial charge >= 0.3 is 6.03 Å². The second-order valence-electron chi connectivity index (χ2n) is 7.05. The number of hydrogen-bond donors (Lipinski definition) is 1. The molecule has 4 nitrogen and oxygen atoms in total. The SMILES string of the molecule is CC(C)Cn1ccc2cc(NC(=O)N(C)Cc3ccc(F)cc3)ccc21. The number of nitrogens with one attached hydrogen (secondary N) is 1. The van der Waals surface area contributed by atoms with Crippen LogP contribution in [0.2, 0.25) is 0 Å². The molecule has 1 N–H and O–H groups in total. The van der Waals surface area contributed by atoms with Gasteiger partial charge < -0.3 is 14.8 Å². The molecule has 0 saturated carbocycles. The molecule has 0 saturated heterocycles. The van der Waals surface area contributed by atoms with Gasteiger partial charge in [-0.1, -0.05) is 26.0 Å². The highest BCUT2D eigenvalue weighted by molar-refractivity contribution is 5.92. The van der Waals surface area contributed by atoms with Crippen LogP contribution in [0.4, 0.5) is 14.9 Å². The molecule has 2 amide bonds. The molecule has 136 valence electrons. The molecule has 3 rings (SSSR count). The highest BCUT2D eigenvalue weighted by Crippen LogP contribution is 2.22. The molecule has 1 heterocycles. The molecule has 1 aromatic heterocycles. The Kier molecular flexibility index (Phi) is 5.26. The number of benzene rings is 2. The molecule has 3 aromatic rings. The lowest BCUT2D eigenvalue weighted by Crippen LogP contribution is -2.30. The lowest BCUT2D eigenvalue weighted by molar-refractivity contribution is 0.220. The van der Waals surface area contributed by atoms with Gasteiger partial charge in [0.25, 0.3) is 0 Å². The quantitative estimate of drug-likeness (QED) is 0.681. The molecule has 5 heteroatoms. The van der Waals surface area contributed by atoms with Crippen molar-refractivity contribution in [2.45, 2.75) is 26.9 Å². The summed E-state index contributed by atoms with van der Waals surface area (Å²) in [6.07, 6.45) is 2.08. The van der Waals surface area contributed by atoms with E-state index in [1.807, 2.05) is 18.2 Å². The number of rotatable bonds is 5. The van der Waals surface area contributed by atoms with Crippen LogP contribution in [-0.2, 0) is 13.1 Å². The lowest BCUT2D eigenvalue weighted by Gasteiger charge is -2.18. The largest absolute Gasteiger partial charge is 0.347 e. The second-order valence-corrected chi connectivity index (χ2v) is 7.05. The summed E-state index contributed by atoms with van der Waals surface area (Å²) in [4.78, 5) is 14.0. The van der Waals surface area contributed by atoms with Gasteiger partial charge in [-0.2, -0.15) is 0 Å². The van der Waals surface area contributed by atoms with Crippen LogP contribution in [0.1, 0.15) is 19.4 Å². The Bertz CT molecular complexity index is 899. The number of halogens is 1. The molecule has 2 aromatic carbocycles. The van der Waals surface area contributed by atoms with Crippen molar-refractivity contribution in [2.75, 3.05) is 12.4 Å². The Morgan fingerprint density at radius 2 is 1.88 bits per heavy atom. The minimum atomic E-state index is -0.279. The molecule has 0 aliphatic carbocycles. The maximum absolute atomic E-state index is 13.0. The van der Waals surface area contributed by atoms with Gasteiger partial charge in [0, 0.05) is 42.9 Å². The van der Waals surface area contributed by atoms with E-state index in [9.17, 15) is 9.18 Å². The number of carbonyl (C=O) groups is 1. The van der Waals surface area contributed by atoms with Crippen LogP contribution < -0.4 is 5.32 Å². The maximum atomic E-state index is 13.0.